The number of ether oxygens (including phenoxy) is 2. The number of para-hydroxylation sites is 2. The topological polar surface area (TPSA) is 141 Å². The minimum absolute atomic E-state index is 0.0849. The van der Waals surface area contributed by atoms with E-state index in [1.54, 1.807) is 36.4 Å². The van der Waals surface area contributed by atoms with E-state index in [2.05, 4.69) is 5.32 Å². The Balaban J connectivity index is 1.49. The van der Waals surface area contributed by atoms with Crippen LogP contribution in [0.15, 0.2) is 63.9 Å². The molecular weight excluding hydrogens is 490 g/mol. The van der Waals surface area contributed by atoms with Gasteiger partial charge in [0.1, 0.15) is 29.6 Å². The summed E-state index contributed by atoms with van der Waals surface area (Å²) in [6, 6.07) is 14.0. The summed E-state index contributed by atoms with van der Waals surface area (Å²) in [6.45, 7) is -0.469. The van der Waals surface area contributed by atoms with Crippen LogP contribution in [0.3, 0.4) is 0 Å². The van der Waals surface area contributed by atoms with E-state index in [9.17, 15) is 24.5 Å². The summed E-state index contributed by atoms with van der Waals surface area (Å²) in [5.41, 5.74) is 0.756. The lowest BCUT2D eigenvalue weighted by molar-refractivity contribution is -0.384. The molecule has 184 valence electrons. The van der Waals surface area contributed by atoms with Gasteiger partial charge in [0.15, 0.2) is 0 Å². The molecule has 4 rings (SSSR count). The average Bonchev–Trinajstić information content (AvgIpc) is 3.44. The van der Waals surface area contributed by atoms with Gasteiger partial charge in [0.2, 0.25) is 5.91 Å². The summed E-state index contributed by atoms with van der Waals surface area (Å²) in [4.78, 5) is 49.1. The molecule has 36 heavy (non-hydrogen) atoms. The third-order valence-electron chi connectivity index (χ3n) is 5.12. The number of rotatable bonds is 8. The number of imide groups is 1. The molecule has 0 bridgehead atoms. The highest BCUT2D eigenvalue weighted by Crippen LogP contribution is 2.36. The number of furan rings is 1. The van der Waals surface area contributed by atoms with Crippen LogP contribution >= 0.6 is 11.8 Å². The van der Waals surface area contributed by atoms with Gasteiger partial charge >= 0.3 is 0 Å². The fourth-order valence-electron chi connectivity index (χ4n) is 3.42. The maximum atomic E-state index is 12.8. The van der Waals surface area contributed by atoms with Gasteiger partial charge in [-0.3, -0.25) is 29.4 Å². The Morgan fingerprint density at radius 1 is 1.11 bits per heavy atom. The van der Waals surface area contributed by atoms with Crippen molar-refractivity contribution in [3.05, 3.63) is 75.4 Å². The lowest BCUT2D eigenvalue weighted by Crippen LogP contribution is -2.36. The third kappa shape index (κ3) is 5.08. The normalized spacial score (nSPS) is 14.3. The highest BCUT2D eigenvalue weighted by atomic mass is 32.2. The molecule has 0 saturated carbocycles. The van der Waals surface area contributed by atoms with Crippen molar-refractivity contribution in [3.8, 4) is 22.8 Å². The molecule has 0 unspecified atom stereocenters. The minimum atomic E-state index is -0.633. The van der Waals surface area contributed by atoms with Crippen molar-refractivity contribution in [2.75, 3.05) is 26.1 Å². The number of nitro groups is 1. The molecule has 0 spiro atoms. The first-order chi connectivity index (χ1) is 17.3. The molecule has 0 radical (unpaired) electrons. The first-order valence-corrected chi connectivity index (χ1v) is 11.2. The van der Waals surface area contributed by atoms with E-state index in [1.807, 2.05) is 0 Å². The van der Waals surface area contributed by atoms with Crippen LogP contribution < -0.4 is 14.8 Å². The van der Waals surface area contributed by atoms with Gasteiger partial charge < -0.3 is 19.2 Å². The van der Waals surface area contributed by atoms with Crippen LogP contribution in [0.4, 0.5) is 16.2 Å². The van der Waals surface area contributed by atoms with Gasteiger partial charge in [-0.2, -0.15) is 0 Å². The van der Waals surface area contributed by atoms with Crippen molar-refractivity contribution in [2.24, 2.45) is 0 Å². The number of nitrogens with one attached hydrogen (secondary N) is 1. The fraction of sp³-hybridized carbons (Fsp3) is 0.125. The number of methoxy groups -OCH3 is 2. The Kier molecular flexibility index (Phi) is 7.06. The lowest BCUT2D eigenvalue weighted by atomic mass is 10.1. The Hall–Kier alpha value is -4.58. The number of carbonyl (C=O) groups is 3. The van der Waals surface area contributed by atoms with Gasteiger partial charge in [0.05, 0.1) is 41.4 Å². The smallest absolute Gasteiger partial charge is 0.294 e. The summed E-state index contributed by atoms with van der Waals surface area (Å²) in [5, 5.41) is 13.0. The first-order valence-electron chi connectivity index (χ1n) is 10.4. The molecule has 2 aromatic carbocycles. The van der Waals surface area contributed by atoms with E-state index in [0.717, 1.165) is 4.90 Å². The van der Waals surface area contributed by atoms with E-state index in [4.69, 9.17) is 13.9 Å². The number of nitro benzene ring substituents is 1. The van der Waals surface area contributed by atoms with Crippen LogP contribution in [0, 0.1) is 10.1 Å². The van der Waals surface area contributed by atoms with E-state index >= 15 is 0 Å². The van der Waals surface area contributed by atoms with Crippen LogP contribution in [0.2, 0.25) is 0 Å². The molecule has 12 heteroatoms. The molecule has 3 aromatic rings. The van der Waals surface area contributed by atoms with E-state index in [1.165, 1.54) is 38.5 Å². The van der Waals surface area contributed by atoms with Crippen molar-refractivity contribution in [3.63, 3.8) is 0 Å². The molecule has 0 aliphatic carbocycles. The summed E-state index contributed by atoms with van der Waals surface area (Å²) < 4.78 is 16.2. The number of amides is 3. The number of carbonyl (C=O) groups excluding carboxylic acids is 3. The van der Waals surface area contributed by atoms with Crippen LogP contribution in [-0.4, -0.2) is 47.6 Å². The van der Waals surface area contributed by atoms with Gasteiger partial charge in [-0.15, -0.1) is 0 Å². The lowest BCUT2D eigenvalue weighted by Gasteiger charge is -2.14. The van der Waals surface area contributed by atoms with Crippen molar-refractivity contribution in [1.29, 1.82) is 0 Å². The van der Waals surface area contributed by atoms with Gasteiger partial charge in [0, 0.05) is 12.1 Å². The molecule has 1 N–H and O–H groups in total. The number of nitrogens with zero attached hydrogens (tertiary/aromatic N) is 2. The third-order valence-corrected chi connectivity index (χ3v) is 6.03. The van der Waals surface area contributed by atoms with Crippen LogP contribution in [-0.2, 0) is 9.59 Å². The van der Waals surface area contributed by atoms with Crippen molar-refractivity contribution in [1.82, 2.24) is 4.90 Å². The van der Waals surface area contributed by atoms with E-state index in [0.29, 0.717) is 34.5 Å². The molecule has 1 aliphatic heterocycles. The van der Waals surface area contributed by atoms with Crippen molar-refractivity contribution >= 4 is 46.3 Å². The molecule has 0 atom stereocenters. The zero-order valence-electron chi connectivity index (χ0n) is 19.0. The number of hydrogen-bond donors (Lipinski definition) is 1. The van der Waals surface area contributed by atoms with Crippen LogP contribution in [0.25, 0.3) is 17.4 Å². The molecule has 1 saturated heterocycles. The Morgan fingerprint density at radius 3 is 2.58 bits per heavy atom. The zero-order chi connectivity index (χ0) is 25.8. The SMILES string of the molecule is COc1ccccc1NC(=O)CN1C(=O)S/C(=C/c2ccc(-c3ccc([N+](=O)[O-])cc3OC)o2)C1=O. The molecule has 2 heterocycles. The van der Waals surface area contributed by atoms with E-state index < -0.39 is 28.5 Å². The van der Waals surface area contributed by atoms with Crippen LogP contribution in [0.1, 0.15) is 5.76 Å². The predicted octanol–water partition coefficient (Wildman–Crippen LogP) is 4.55. The Bertz CT molecular complexity index is 1400. The number of anilines is 1. The zero-order valence-corrected chi connectivity index (χ0v) is 19.9. The molecular formula is C24H19N3O8S. The molecule has 3 amide bonds. The number of thioether (sulfide) groups is 1. The first kappa shape index (κ1) is 24.5. The van der Waals surface area contributed by atoms with E-state index in [-0.39, 0.29) is 22.1 Å². The standard InChI is InChI=1S/C24H19N3O8S/c1-33-19-6-4-3-5-17(19)25-22(28)13-26-23(29)21(36-24(26)30)12-15-8-10-18(35-15)16-9-7-14(27(31)32)11-20(16)34-2/h3-12H,13H2,1-2H3,(H,25,28)/b21-12+. The summed E-state index contributed by atoms with van der Waals surface area (Å²) in [6.07, 6.45) is 1.39. The van der Waals surface area contributed by atoms with Crippen molar-refractivity contribution in [2.45, 2.75) is 0 Å². The number of hydrogen-bond acceptors (Lipinski definition) is 9. The maximum absolute atomic E-state index is 12.8. The number of benzene rings is 2. The van der Waals surface area contributed by atoms with Gasteiger partial charge in [-0.05, 0) is 42.1 Å². The van der Waals surface area contributed by atoms with Gasteiger partial charge in [-0.1, -0.05) is 12.1 Å². The van der Waals surface area contributed by atoms with Gasteiger partial charge in [0.25, 0.3) is 16.8 Å². The molecule has 1 fully saturated rings. The average molecular weight is 509 g/mol. The highest BCUT2D eigenvalue weighted by Gasteiger charge is 2.36. The maximum Gasteiger partial charge on any atom is 0.294 e. The van der Waals surface area contributed by atoms with Crippen molar-refractivity contribution < 1.29 is 33.2 Å². The molecule has 11 nitrogen and oxygen atoms in total. The second-order valence-electron chi connectivity index (χ2n) is 7.36. The Morgan fingerprint density at radius 2 is 1.86 bits per heavy atom. The summed E-state index contributed by atoms with van der Waals surface area (Å²) >= 11 is 0.685. The Labute approximate surface area is 208 Å². The minimum Gasteiger partial charge on any atom is -0.496 e. The van der Waals surface area contributed by atoms with Gasteiger partial charge in [-0.25, -0.2) is 0 Å². The molecule has 1 aliphatic rings. The second-order valence-corrected chi connectivity index (χ2v) is 8.35. The van der Waals surface area contributed by atoms with Crippen LogP contribution in [0.5, 0.6) is 11.5 Å². The monoisotopic (exact) mass is 509 g/mol. The summed E-state index contributed by atoms with van der Waals surface area (Å²) in [7, 11) is 2.84. The number of non-ortho nitro benzene ring substituents is 1. The molecule has 1 aromatic heterocycles. The predicted molar refractivity (Wildman–Crippen MR) is 132 cm³/mol. The fourth-order valence-corrected chi connectivity index (χ4v) is 4.24. The second kappa shape index (κ2) is 10.4. The quantitative estimate of drug-likeness (QED) is 0.263. The largest absolute Gasteiger partial charge is 0.496 e. The highest BCUT2D eigenvalue weighted by molar-refractivity contribution is 8.18. The summed E-state index contributed by atoms with van der Waals surface area (Å²) in [5.74, 6) is 0.113.